The molecule has 0 bridgehead atoms. The summed E-state index contributed by atoms with van der Waals surface area (Å²) in [5.41, 5.74) is 4.50. The predicted octanol–water partition coefficient (Wildman–Crippen LogP) is 5.38. The van der Waals surface area contributed by atoms with Gasteiger partial charge in [-0.25, -0.2) is 0 Å². The Balaban J connectivity index is 2.03. The van der Waals surface area contributed by atoms with Crippen molar-refractivity contribution in [3.05, 3.63) is 81.6 Å². The second-order valence-electron chi connectivity index (χ2n) is 5.26. The van der Waals surface area contributed by atoms with Crippen molar-refractivity contribution in [1.82, 2.24) is 4.98 Å². The van der Waals surface area contributed by atoms with Crippen LogP contribution in [0.3, 0.4) is 0 Å². The van der Waals surface area contributed by atoms with Gasteiger partial charge in [0.05, 0.1) is 0 Å². The average Bonchev–Trinajstić information content (AvgIpc) is 2.96. The van der Waals surface area contributed by atoms with Gasteiger partial charge in [-0.05, 0) is 24.6 Å². The molecule has 0 amide bonds. The third kappa shape index (κ3) is 2.91. The largest absolute Gasteiger partial charge is 0.384 e. The van der Waals surface area contributed by atoms with Crippen LogP contribution in [-0.2, 0) is 0 Å². The Bertz CT molecular complexity index is 793. The molecule has 0 fully saturated rings. The number of aliphatic hydroxyl groups is 1. The number of H-pyrrole nitrogens is 1. The standard InChI is InChI=1S/C18H15Cl2NO/c1-11-2-4-12(5-3-11)18(22)16-10-21-9-15(16)14-7-6-13(19)8-17(14)20/h2-10,18,21-22H,1H3. The number of benzene rings is 2. The quantitative estimate of drug-likeness (QED) is 0.664. The summed E-state index contributed by atoms with van der Waals surface area (Å²) in [6.07, 6.45) is 2.92. The van der Waals surface area contributed by atoms with Crippen molar-refractivity contribution in [1.29, 1.82) is 0 Å². The number of aliphatic hydroxyl groups excluding tert-OH is 1. The summed E-state index contributed by atoms with van der Waals surface area (Å²) < 4.78 is 0. The van der Waals surface area contributed by atoms with Crippen molar-refractivity contribution in [3.8, 4) is 11.1 Å². The van der Waals surface area contributed by atoms with E-state index < -0.39 is 6.10 Å². The number of aromatic amines is 1. The van der Waals surface area contributed by atoms with Crippen molar-refractivity contribution < 1.29 is 5.11 Å². The minimum atomic E-state index is -0.714. The Labute approximate surface area is 139 Å². The van der Waals surface area contributed by atoms with E-state index >= 15 is 0 Å². The summed E-state index contributed by atoms with van der Waals surface area (Å²) >= 11 is 12.2. The van der Waals surface area contributed by atoms with E-state index in [1.807, 2.05) is 43.5 Å². The maximum absolute atomic E-state index is 10.7. The van der Waals surface area contributed by atoms with Crippen molar-refractivity contribution in [2.24, 2.45) is 0 Å². The molecular formula is C18H15Cl2NO. The van der Waals surface area contributed by atoms with Gasteiger partial charge in [0.15, 0.2) is 0 Å². The summed E-state index contributed by atoms with van der Waals surface area (Å²) in [7, 11) is 0. The van der Waals surface area contributed by atoms with Crippen molar-refractivity contribution in [2.45, 2.75) is 13.0 Å². The fraction of sp³-hybridized carbons (Fsp3) is 0.111. The summed E-state index contributed by atoms with van der Waals surface area (Å²) in [5.74, 6) is 0. The number of nitrogens with one attached hydrogen (secondary N) is 1. The molecule has 0 spiro atoms. The van der Waals surface area contributed by atoms with Crippen LogP contribution in [0.25, 0.3) is 11.1 Å². The lowest BCUT2D eigenvalue weighted by Crippen LogP contribution is -2.00. The van der Waals surface area contributed by atoms with Crippen LogP contribution in [0.5, 0.6) is 0 Å². The highest BCUT2D eigenvalue weighted by atomic mass is 35.5. The topological polar surface area (TPSA) is 36.0 Å². The van der Waals surface area contributed by atoms with Crippen LogP contribution < -0.4 is 0 Å². The molecule has 2 nitrogen and oxygen atoms in total. The van der Waals surface area contributed by atoms with Gasteiger partial charge < -0.3 is 10.1 Å². The lowest BCUT2D eigenvalue weighted by atomic mass is 9.96. The molecule has 1 atom stereocenters. The van der Waals surface area contributed by atoms with E-state index in [0.29, 0.717) is 10.0 Å². The van der Waals surface area contributed by atoms with Crippen LogP contribution in [0, 0.1) is 6.92 Å². The van der Waals surface area contributed by atoms with Crippen molar-refractivity contribution in [3.63, 3.8) is 0 Å². The molecule has 4 heteroatoms. The first-order valence-electron chi connectivity index (χ1n) is 6.93. The van der Waals surface area contributed by atoms with E-state index in [4.69, 9.17) is 23.2 Å². The van der Waals surface area contributed by atoms with Gasteiger partial charge in [0.25, 0.3) is 0 Å². The average molecular weight is 332 g/mol. The molecule has 0 aliphatic heterocycles. The number of hydrogen-bond donors (Lipinski definition) is 2. The van der Waals surface area contributed by atoms with Crippen LogP contribution in [-0.4, -0.2) is 10.1 Å². The van der Waals surface area contributed by atoms with Gasteiger partial charge >= 0.3 is 0 Å². The van der Waals surface area contributed by atoms with Crippen LogP contribution in [0.4, 0.5) is 0 Å². The van der Waals surface area contributed by atoms with Crippen LogP contribution in [0.15, 0.2) is 54.9 Å². The zero-order valence-corrected chi connectivity index (χ0v) is 13.5. The van der Waals surface area contributed by atoms with Crippen LogP contribution in [0.2, 0.25) is 10.0 Å². The highest BCUT2D eigenvalue weighted by molar-refractivity contribution is 6.36. The monoisotopic (exact) mass is 331 g/mol. The molecule has 112 valence electrons. The predicted molar refractivity (Wildman–Crippen MR) is 91.5 cm³/mol. The van der Waals surface area contributed by atoms with E-state index in [-0.39, 0.29) is 0 Å². The van der Waals surface area contributed by atoms with Crippen molar-refractivity contribution >= 4 is 23.2 Å². The fourth-order valence-electron chi connectivity index (χ4n) is 2.47. The molecule has 0 radical (unpaired) electrons. The van der Waals surface area contributed by atoms with E-state index in [9.17, 15) is 5.11 Å². The van der Waals surface area contributed by atoms with Gasteiger partial charge in [-0.2, -0.15) is 0 Å². The second kappa shape index (κ2) is 6.17. The fourth-order valence-corrected chi connectivity index (χ4v) is 2.98. The first-order chi connectivity index (χ1) is 10.6. The van der Waals surface area contributed by atoms with E-state index in [2.05, 4.69) is 4.98 Å². The number of aromatic nitrogens is 1. The summed E-state index contributed by atoms with van der Waals surface area (Å²) in [6.45, 7) is 2.02. The molecule has 0 saturated heterocycles. The zero-order chi connectivity index (χ0) is 15.7. The SMILES string of the molecule is Cc1ccc(C(O)c2c[nH]cc2-c2ccc(Cl)cc2Cl)cc1. The van der Waals surface area contributed by atoms with Gasteiger partial charge in [0.2, 0.25) is 0 Å². The Morgan fingerprint density at radius 1 is 0.955 bits per heavy atom. The van der Waals surface area contributed by atoms with Crippen LogP contribution in [0.1, 0.15) is 22.8 Å². The number of aryl methyl sites for hydroxylation is 1. The zero-order valence-electron chi connectivity index (χ0n) is 12.0. The molecule has 3 rings (SSSR count). The third-order valence-corrected chi connectivity index (χ3v) is 4.23. The van der Waals surface area contributed by atoms with E-state index in [1.165, 1.54) is 0 Å². The summed E-state index contributed by atoms with van der Waals surface area (Å²) in [5, 5.41) is 11.8. The van der Waals surface area contributed by atoms with Gasteiger partial charge in [-0.15, -0.1) is 0 Å². The molecule has 1 aromatic heterocycles. The summed E-state index contributed by atoms with van der Waals surface area (Å²) in [4.78, 5) is 3.05. The second-order valence-corrected chi connectivity index (χ2v) is 6.11. The van der Waals surface area contributed by atoms with Gasteiger partial charge in [-0.1, -0.05) is 59.1 Å². The first-order valence-corrected chi connectivity index (χ1v) is 7.68. The first kappa shape index (κ1) is 15.2. The Morgan fingerprint density at radius 2 is 1.68 bits per heavy atom. The lowest BCUT2D eigenvalue weighted by Gasteiger charge is -2.13. The highest BCUT2D eigenvalue weighted by Crippen LogP contribution is 2.36. The van der Waals surface area contributed by atoms with Gasteiger partial charge in [-0.3, -0.25) is 0 Å². The third-order valence-electron chi connectivity index (χ3n) is 3.69. The Kier molecular flexibility index (Phi) is 4.25. The Hall–Kier alpha value is -1.74. The molecule has 2 aromatic carbocycles. The Morgan fingerprint density at radius 3 is 2.36 bits per heavy atom. The smallest absolute Gasteiger partial charge is 0.106 e. The molecule has 3 aromatic rings. The minimum absolute atomic E-state index is 0.560. The molecule has 0 aliphatic rings. The van der Waals surface area contributed by atoms with Gasteiger partial charge in [0.1, 0.15) is 6.10 Å². The van der Waals surface area contributed by atoms with Gasteiger partial charge in [0, 0.05) is 39.1 Å². The maximum Gasteiger partial charge on any atom is 0.106 e. The van der Waals surface area contributed by atoms with E-state index in [1.54, 1.807) is 18.3 Å². The molecule has 1 unspecified atom stereocenters. The lowest BCUT2D eigenvalue weighted by molar-refractivity contribution is 0.221. The molecule has 2 N–H and O–H groups in total. The molecule has 0 saturated carbocycles. The molecule has 0 aliphatic carbocycles. The number of hydrogen-bond acceptors (Lipinski definition) is 1. The molecule has 1 heterocycles. The number of rotatable bonds is 3. The van der Waals surface area contributed by atoms with Crippen molar-refractivity contribution in [2.75, 3.05) is 0 Å². The molecular weight excluding hydrogens is 317 g/mol. The maximum atomic E-state index is 10.7. The molecule has 22 heavy (non-hydrogen) atoms. The normalized spacial score (nSPS) is 12.4. The summed E-state index contributed by atoms with van der Waals surface area (Å²) in [6, 6.07) is 13.2. The van der Waals surface area contributed by atoms with Crippen LogP contribution >= 0.6 is 23.2 Å². The van der Waals surface area contributed by atoms with E-state index in [0.717, 1.165) is 27.8 Å². The highest BCUT2D eigenvalue weighted by Gasteiger charge is 2.18. The number of halogens is 2. The minimum Gasteiger partial charge on any atom is -0.384 e.